The van der Waals surface area contributed by atoms with E-state index in [0.29, 0.717) is 33.8 Å². The summed E-state index contributed by atoms with van der Waals surface area (Å²) in [6, 6.07) is 8.34. The molecule has 1 aromatic carbocycles. The van der Waals surface area contributed by atoms with Crippen LogP contribution in [0.3, 0.4) is 0 Å². The lowest BCUT2D eigenvalue weighted by Gasteiger charge is -2.15. The number of anilines is 1. The van der Waals surface area contributed by atoms with Gasteiger partial charge in [0.1, 0.15) is 24.2 Å². The molecule has 0 saturated carbocycles. The summed E-state index contributed by atoms with van der Waals surface area (Å²) in [5, 5.41) is 13.9. The molecule has 8 heteroatoms. The quantitative estimate of drug-likeness (QED) is 0.658. The first-order valence-electron chi connectivity index (χ1n) is 8.26. The van der Waals surface area contributed by atoms with Crippen LogP contribution in [0.2, 0.25) is 0 Å². The zero-order valence-electron chi connectivity index (χ0n) is 14.6. The number of nitriles is 1. The summed E-state index contributed by atoms with van der Waals surface area (Å²) >= 11 is 0. The van der Waals surface area contributed by atoms with E-state index in [9.17, 15) is 9.65 Å². The lowest BCUT2D eigenvalue weighted by atomic mass is 10.0. The molecule has 2 bridgehead atoms. The Bertz CT molecular complexity index is 1070. The van der Waals surface area contributed by atoms with Gasteiger partial charge in [-0.2, -0.15) is 10.4 Å². The second-order valence-electron chi connectivity index (χ2n) is 6.21. The van der Waals surface area contributed by atoms with Crippen LogP contribution >= 0.6 is 0 Å². The molecular weight excluding hydrogens is 349 g/mol. The summed E-state index contributed by atoms with van der Waals surface area (Å²) in [6.07, 6.45) is 1.57. The van der Waals surface area contributed by atoms with Crippen LogP contribution in [-0.2, 0) is 31.6 Å². The standard InChI is InChI=1S/C19H16FN5O2/c1-25-16(6-21)18-12-5-17(19(22)23-7-12)27-9-13-4-14(20)3-2-11(13)8-26-10-15(18)24-25/h2-5,7H,8-10H2,1H3,(H2,22,23). The fourth-order valence-corrected chi connectivity index (χ4v) is 3.10. The van der Waals surface area contributed by atoms with Crippen molar-refractivity contribution in [3.8, 4) is 22.9 Å². The maximum absolute atomic E-state index is 13.7. The van der Waals surface area contributed by atoms with Gasteiger partial charge < -0.3 is 15.2 Å². The predicted molar refractivity (Wildman–Crippen MR) is 94.8 cm³/mol. The van der Waals surface area contributed by atoms with Crippen LogP contribution in [0.4, 0.5) is 10.2 Å². The Morgan fingerprint density at radius 1 is 1.22 bits per heavy atom. The lowest BCUT2D eigenvalue weighted by Crippen LogP contribution is -2.07. The Hall–Kier alpha value is -3.44. The molecule has 7 nitrogen and oxygen atoms in total. The number of fused-ring (bicyclic) bond motifs is 5. The van der Waals surface area contributed by atoms with E-state index in [2.05, 4.69) is 16.2 Å². The van der Waals surface area contributed by atoms with Crippen molar-refractivity contribution >= 4 is 5.82 Å². The summed E-state index contributed by atoms with van der Waals surface area (Å²) in [5.74, 6) is 0.229. The Labute approximate surface area is 154 Å². The van der Waals surface area contributed by atoms with Crippen molar-refractivity contribution in [2.24, 2.45) is 7.05 Å². The van der Waals surface area contributed by atoms with Crippen molar-refractivity contribution in [2.45, 2.75) is 19.8 Å². The molecular formula is C19H16FN5O2. The number of hydrogen-bond donors (Lipinski definition) is 1. The Balaban J connectivity index is 1.86. The smallest absolute Gasteiger partial charge is 0.166 e. The number of aromatic nitrogens is 3. The fourth-order valence-electron chi connectivity index (χ4n) is 3.10. The van der Waals surface area contributed by atoms with Crippen molar-refractivity contribution < 1.29 is 13.9 Å². The SMILES string of the molecule is Cn1nc2c(c1C#N)-c1cnc(N)c(c1)OCc1cc(F)ccc1COC2. The molecule has 3 aromatic rings. The Kier molecular flexibility index (Phi) is 4.22. The molecule has 0 atom stereocenters. The fraction of sp³-hybridized carbons (Fsp3) is 0.211. The van der Waals surface area contributed by atoms with E-state index in [-0.39, 0.29) is 31.5 Å². The first-order valence-corrected chi connectivity index (χ1v) is 8.26. The average Bonchev–Trinajstić information content (AvgIpc) is 2.97. The number of halogens is 1. The number of nitrogens with two attached hydrogens (primary N) is 1. The molecule has 4 rings (SSSR count). The van der Waals surface area contributed by atoms with Crippen LogP contribution < -0.4 is 10.5 Å². The molecule has 1 aliphatic rings. The molecule has 3 heterocycles. The number of rotatable bonds is 0. The number of hydrogen-bond acceptors (Lipinski definition) is 6. The normalized spacial score (nSPS) is 13.4. The third-order valence-corrected chi connectivity index (χ3v) is 4.44. The molecule has 0 unspecified atom stereocenters. The van der Waals surface area contributed by atoms with Crippen molar-refractivity contribution in [3.05, 3.63) is 58.8 Å². The second kappa shape index (κ2) is 6.70. The molecule has 0 amide bonds. The molecule has 1 aliphatic heterocycles. The van der Waals surface area contributed by atoms with Crippen LogP contribution in [0.25, 0.3) is 11.1 Å². The van der Waals surface area contributed by atoms with Crippen LogP contribution in [0.5, 0.6) is 5.75 Å². The van der Waals surface area contributed by atoms with Crippen LogP contribution in [-0.4, -0.2) is 14.8 Å². The molecule has 0 radical (unpaired) electrons. The highest BCUT2D eigenvalue weighted by molar-refractivity contribution is 5.73. The minimum absolute atomic E-state index is 0.122. The summed E-state index contributed by atoms with van der Waals surface area (Å²) in [7, 11) is 1.70. The van der Waals surface area contributed by atoms with Crippen molar-refractivity contribution in [2.75, 3.05) is 5.73 Å². The van der Waals surface area contributed by atoms with Crippen molar-refractivity contribution in [3.63, 3.8) is 0 Å². The third kappa shape index (κ3) is 3.09. The van der Waals surface area contributed by atoms with Crippen LogP contribution in [0, 0.1) is 17.1 Å². The minimum Gasteiger partial charge on any atom is -0.485 e. The van der Waals surface area contributed by atoms with Gasteiger partial charge in [0.05, 0.1) is 18.9 Å². The molecule has 0 fully saturated rings. The highest BCUT2D eigenvalue weighted by atomic mass is 19.1. The van der Waals surface area contributed by atoms with E-state index in [1.807, 2.05) is 0 Å². The van der Waals surface area contributed by atoms with Gasteiger partial charge in [-0.1, -0.05) is 6.07 Å². The van der Waals surface area contributed by atoms with Gasteiger partial charge in [-0.3, -0.25) is 4.68 Å². The number of ether oxygens (including phenoxy) is 2. The third-order valence-electron chi connectivity index (χ3n) is 4.44. The van der Waals surface area contributed by atoms with Gasteiger partial charge in [0.15, 0.2) is 11.6 Å². The minimum atomic E-state index is -0.352. The largest absolute Gasteiger partial charge is 0.485 e. The van der Waals surface area contributed by atoms with Crippen LogP contribution in [0.1, 0.15) is 22.5 Å². The maximum atomic E-state index is 13.7. The molecule has 0 spiro atoms. The zero-order chi connectivity index (χ0) is 19.0. The maximum Gasteiger partial charge on any atom is 0.166 e. The summed E-state index contributed by atoms with van der Waals surface area (Å²) in [4.78, 5) is 4.18. The predicted octanol–water partition coefficient (Wildman–Crippen LogP) is 2.68. The van der Waals surface area contributed by atoms with Crippen molar-refractivity contribution in [1.29, 1.82) is 5.26 Å². The lowest BCUT2D eigenvalue weighted by molar-refractivity contribution is 0.103. The highest BCUT2D eigenvalue weighted by Gasteiger charge is 2.21. The number of nitrogens with zero attached hydrogens (tertiary/aromatic N) is 4. The van der Waals surface area contributed by atoms with Crippen molar-refractivity contribution in [1.82, 2.24) is 14.8 Å². The molecule has 27 heavy (non-hydrogen) atoms. The number of benzene rings is 1. The number of aryl methyl sites for hydroxylation is 1. The van der Waals surface area contributed by atoms with Gasteiger partial charge in [-0.15, -0.1) is 0 Å². The summed E-state index contributed by atoms with van der Waals surface area (Å²) in [5.41, 5.74) is 9.70. The van der Waals surface area contributed by atoms with E-state index in [1.165, 1.54) is 16.8 Å². The van der Waals surface area contributed by atoms with E-state index in [0.717, 1.165) is 5.56 Å². The van der Waals surface area contributed by atoms with Gasteiger partial charge >= 0.3 is 0 Å². The van der Waals surface area contributed by atoms with Crippen LogP contribution in [0.15, 0.2) is 30.5 Å². The average molecular weight is 365 g/mol. The van der Waals surface area contributed by atoms with E-state index >= 15 is 0 Å². The summed E-state index contributed by atoms with van der Waals surface area (Å²) in [6.45, 7) is 0.581. The Morgan fingerprint density at radius 3 is 2.89 bits per heavy atom. The Morgan fingerprint density at radius 2 is 2.07 bits per heavy atom. The first kappa shape index (κ1) is 17.0. The van der Waals surface area contributed by atoms with Gasteiger partial charge in [-0.05, 0) is 29.3 Å². The highest BCUT2D eigenvalue weighted by Crippen LogP contribution is 2.33. The molecule has 0 saturated heterocycles. The second-order valence-corrected chi connectivity index (χ2v) is 6.21. The van der Waals surface area contributed by atoms with Gasteiger partial charge in [0.2, 0.25) is 0 Å². The molecule has 2 N–H and O–H groups in total. The van der Waals surface area contributed by atoms with E-state index in [1.54, 1.807) is 25.4 Å². The molecule has 136 valence electrons. The first-order chi connectivity index (χ1) is 13.1. The summed E-state index contributed by atoms with van der Waals surface area (Å²) < 4.78 is 26.8. The van der Waals surface area contributed by atoms with E-state index in [4.69, 9.17) is 15.2 Å². The zero-order valence-corrected chi connectivity index (χ0v) is 14.6. The van der Waals surface area contributed by atoms with Gasteiger partial charge in [0, 0.05) is 24.4 Å². The molecule has 0 aliphatic carbocycles. The van der Waals surface area contributed by atoms with E-state index < -0.39 is 0 Å². The van der Waals surface area contributed by atoms with Gasteiger partial charge in [0.25, 0.3) is 0 Å². The number of pyridine rings is 1. The number of nitrogen functional groups attached to an aromatic ring is 1. The monoisotopic (exact) mass is 365 g/mol. The molecule has 2 aromatic heterocycles. The topological polar surface area (TPSA) is 99.0 Å². The van der Waals surface area contributed by atoms with Gasteiger partial charge in [-0.25, -0.2) is 9.37 Å².